The molecule has 0 unspecified atom stereocenters. The van der Waals surface area contributed by atoms with Crippen molar-refractivity contribution >= 4 is 57.3 Å². The van der Waals surface area contributed by atoms with Gasteiger partial charge in [0.15, 0.2) is 5.13 Å². The van der Waals surface area contributed by atoms with Crippen LogP contribution in [0.2, 0.25) is 10.0 Å². The molecule has 4 nitrogen and oxygen atoms in total. The number of carbonyl (C=O) groups is 1. The number of nitrogens with zero attached hydrogens (tertiary/aromatic N) is 2. The molecule has 0 saturated carbocycles. The predicted octanol–water partition coefficient (Wildman–Crippen LogP) is 5.63. The van der Waals surface area contributed by atoms with Crippen LogP contribution < -0.4 is 5.32 Å². The Bertz CT molecular complexity index is 871. The van der Waals surface area contributed by atoms with E-state index in [0.717, 1.165) is 16.3 Å². The maximum Gasteiger partial charge on any atom is 0.226 e. The van der Waals surface area contributed by atoms with Crippen LogP contribution in [0.4, 0.5) is 5.13 Å². The molecule has 0 saturated heterocycles. The zero-order valence-electron chi connectivity index (χ0n) is 12.9. The molecule has 0 fully saturated rings. The molecule has 0 aliphatic rings. The lowest BCUT2D eigenvalue weighted by atomic mass is 10.2. The molecule has 0 radical (unpaired) electrons. The quantitative estimate of drug-likeness (QED) is 0.535. The van der Waals surface area contributed by atoms with E-state index in [1.807, 2.05) is 29.6 Å². The highest BCUT2D eigenvalue weighted by Crippen LogP contribution is 2.30. The number of pyridine rings is 1. The van der Waals surface area contributed by atoms with Gasteiger partial charge in [-0.15, -0.1) is 23.1 Å². The van der Waals surface area contributed by atoms with Gasteiger partial charge < -0.3 is 5.32 Å². The molecule has 0 aliphatic heterocycles. The number of rotatable bonds is 6. The first-order valence-electron chi connectivity index (χ1n) is 7.36. The van der Waals surface area contributed by atoms with E-state index in [2.05, 4.69) is 15.3 Å². The van der Waals surface area contributed by atoms with E-state index in [4.69, 9.17) is 23.2 Å². The number of halogens is 2. The van der Waals surface area contributed by atoms with Crippen LogP contribution in [-0.4, -0.2) is 21.6 Å². The van der Waals surface area contributed by atoms with Crippen molar-refractivity contribution < 1.29 is 4.79 Å². The number of thioether (sulfide) groups is 1. The van der Waals surface area contributed by atoms with E-state index in [1.165, 1.54) is 11.3 Å². The van der Waals surface area contributed by atoms with Crippen molar-refractivity contribution in [3.05, 3.63) is 58.0 Å². The maximum atomic E-state index is 12.0. The first kappa shape index (κ1) is 18.2. The van der Waals surface area contributed by atoms with Crippen LogP contribution in [0.3, 0.4) is 0 Å². The van der Waals surface area contributed by atoms with Crippen LogP contribution in [-0.2, 0) is 4.79 Å². The number of amides is 1. The maximum absolute atomic E-state index is 12.0. The Morgan fingerprint density at radius 3 is 2.84 bits per heavy atom. The van der Waals surface area contributed by atoms with Crippen molar-refractivity contribution in [3.63, 3.8) is 0 Å². The molecule has 1 amide bonds. The molecule has 2 aromatic heterocycles. The largest absolute Gasteiger partial charge is 0.302 e. The number of thiazole rings is 1. The minimum atomic E-state index is -0.0709. The smallest absolute Gasteiger partial charge is 0.226 e. The van der Waals surface area contributed by atoms with E-state index in [1.54, 1.807) is 30.1 Å². The van der Waals surface area contributed by atoms with Crippen LogP contribution in [0.25, 0.3) is 11.3 Å². The average molecular weight is 410 g/mol. The van der Waals surface area contributed by atoms with Crippen LogP contribution in [0.15, 0.2) is 53.0 Å². The van der Waals surface area contributed by atoms with Gasteiger partial charge in [-0.25, -0.2) is 9.97 Å². The van der Waals surface area contributed by atoms with Gasteiger partial charge in [-0.3, -0.25) is 4.79 Å². The first-order chi connectivity index (χ1) is 12.1. The van der Waals surface area contributed by atoms with E-state index in [0.29, 0.717) is 27.4 Å². The third kappa shape index (κ3) is 5.19. The van der Waals surface area contributed by atoms with Gasteiger partial charge in [0, 0.05) is 29.3 Å². The molecule has 1 N–H and O–H groups in total. The monoisotopic (exact) mass is 409 g/mol. The summed E-state index contributed by atoms with van der Waals surface area (Å²) in [6, 6.07) is 11.0. The molecular weight excluding hydrogens is 397 g/mol. The lowest BCUT2D eigenvalue weighted by molar-refractivity contribution is -0.115. The molecule has 0 aliphatic carbocycles. The summed E-state index contributed by atoms with van der Waals surface area (Å²) in [7, 11) is 0. The fraction of sp³-hybridized carbons (Fsp3) is 0.118. The summed E-state index contributed by atoms with van der Waals surface area (Å²) in [6.45, 7) is 0. The van der Waals surface area contributed by atoms with Gasteiger partial charge in [-0.1, -0.05) is 35.3 Å². The van der Waals surface area contributed by atoms with Crippen molar-refractivity contribution in [2.75, 3.05) is 11.1 Å². The van der Waals surface area contributed by atoms with Crippen molar-refractivity contribution in [2.24, 2.45) is 0 Å². The molecule has 1 aromatic carbocycles. The Kier molecular flexibility index (Phi) is 6.31. The molecule has 8 heteroatoms. The fourth-order valence-electron chi connectivity index (χ4n) is 1.98. The van der Waals surface area contributed by atoms with Gasteiger partial charge >= 0.3 is 0 Å². The van der Waals surface area contributed by atoms with Crippen molar-refractivity contribution in [1.29, 1.82) is 0 Å². The second-order valence-corrected chi connectivity index (χ2v) is 7.77. The SMILES string of the molecule is O=C(CCSc1ccccn1)Nc1nc(-c2ccc(Cl)c(Cl)c2)cs1. The highest BCUT2D eigenvalue weighted by molar-refractivity contribution is 7.99. The van der Waals surface area contributed by atoms with Gasteiger partial charge in [0.25, 0.3) is 0 Å². The first-order valence-corrected chi connectivity index (χ1v) is 9.98. The molecule has 3 aromatic rings. The summed E-state index contributed by atoms with van der Waals surface area (Å²) in [6.07, 6.45) is 2.13. The number of hydrogen-bond donors (Lipinski definition) is 1. The van der Waals surface area contributed by atoms with Crippen LogP contribution in [0.1, 0.15) is 6.42 Å². The van der Waals surface area contributed by atoms with Crippen LogP contribution >= 0.6 is 46.3 Å². The highest BCUT2D eigenvalue weighted by atomic mass is 35.5. The molecule has 25 heavy (non-hydrogen) atoms. The number of aromatic nitrogens is 2. The Morgan fingerprint density at radius 1 is 1.20 bits per heavy atom. The number of benzene rings is 1. The summed E-state index contributed by atoms with van der Waals surface area (Å²) in [5, 5.41) is 7.14. The van der Waals surface area contributed by atoms with Crippen LogP contribution in [0.5, 0.6) is 0 Å². The highest BCUT2D eigenvalue weighted by Gasteiger charge is 2.09. The third-order valence-electron chi connectivity index (χ3n) is 3.18. The number of hydrogen-bond acceptors (Lipinski definition) is 5. The van der Waals surface area contributed by atoms with Gasteiger partial charge in [-0.2, -0.15) is 0 Å². The van der Waals surface area contributed by atoms with E-state index >= 15 is 0 Å². The van der Waals surface area contributed by atoms with Gasteiger partial charge in [-0.05, 0) is 24.3 Å². The number of carbonyl (C=O) groups excluding carboxylic acids is 1. The normalized spacial score (nSPS) is 10.6. The molecule has 128 valence electrons. The molecular formula is C17H13Cl2N3OS2. The minimum absolute atomic E-state index is 0.0709. The molecule has 0 bridgehead atoms. The molecule has 0 spiro atoms. The predicted molar refractivity (Wildman–Crippen MR) is 106 cm³/mol. The van der Waals surface area contributed by atoms with E-state index < -0.39 is 0 Å². The average Bonchev–Trinajstić information content (AvgIpc) is 3.06. The Morgan fingerprint density at radius 2 is 2.08 bits per heavy atom. The third-order valence-corrected chi connectivity index (χ3v) is 5.62. The summed E-state index contributed by atoms with van der Waals surface area (Å²) in [4.78, 5) is 20.7. The minimum Gasteiger partial charge on any atom is -0.302 e. The Hall–Kier alpha value is -1.60. The Labute approximate surface area is 163 Å². The van der Waals surface area contributed by atoms with Crippen molar-refractivity contribution in [3.8, 4) is 11.3 Å². The van der Waals surface area contributed by atoms with Crippen molar-refractivity contribution in [1.82, 2.24) is 9.97 Å². The summed E-state index contributed by atoms with van der Waals surface area (Å²) >= 11 is 14.9. The number of anilines is 1. The fourth-order valence-corrected chi connectivity index (χ4v) is 3.82. The molecule has 0 atom stereocenters. The molecule has 3 rings (SSSR count). The second-order valence-electron chi connectivity index (χ2n) is 4.98. The lowest BCUT2D eigenvalue weighted by Crippen LogP contribution is -2.11. The lowest BCUT2D eigenvalue weighted by Gasteiger charge is -2.02. The summed E-state index contributed by atoms with van der Waals surface area (Å²) in [5.74, 6) is 0.590. The Balaban J connectivity index is 1.54. The van der Waals surface area contributed by atoms with Gasteiger partial charge in [0.2, 0.25) is 5.91 Å². The van der Waals surface area contributed by atoms with E-state index in [9.17, 15) is 4.79 Å². The summed E-state index contributed by atoms with van der Waals surface area (Å²) < 4.78 is 0. The topological polar surface area (TPSA) is 54.9 Å². The van der Waals surface area contributed by atoms with Crippen LogP contribution in [0, 0.1) is 0 Å². The summed E-state index contributed by atoms with van der Waals surface area (Å²) in [5.41, 5.74) is 1.61. The zero-order valence-corrected chi connectivity index (χ0v) is 16.1. The van der Waals surface area contributed by atoms with Crippen molar-refractivity contribution in [2.45, 2.75) is 11.4 Å². The van der Waals surface area contributed by atoms with E-state index in [-0.39, 0.29) is 5.91 Å². The second kappa shape index (κ2) is 8.67. The number of nitrogens with one attached hydrogen (secondary N) is 1. The van der Waals surface area contributed by atoms with Gasteiger partial charge in [0.1, 0.15) is 0 Å². The standard InChI is InChI=1S/C17H13Cl2N3OS2/c18-12-5-4-11(9-13(12)19)14-10-25-17(21-14)22-15(23)6-8-24-16-3-1-2-7-20-16/h1-5,7,9-10H,6,8H2,(H,21,22,23). The van der Waals surface area contributed by atoms with Gasteiger partial charge in [0.05, 0.1) is 20.8 Å². The molecule has 2 heterocycles. The zero-order chi connectivity index (χ0) is 17.6.